The zero-order chi connectivity index (χ0) is 12.3. The summed E-state index contributed by atoms with van der Waals surface area (Å²) >= 11 is 0. The molecule has 0 aliphatic carbocycles. The van der Waals surface area contributed by atoms with Crippen LogP contribution in [-0.2, 0) is 4.74 Å². The van der Waals surface area contributed by atoms with Crippen molar-refractivity contribution >= 4 is 11.6 Å². The summed E-state index contributed by atoms with van der Waals surface area (Å²) in [6, 6.07) is 2.29. The summed E-state index contributed by atoms with van der Waals surface area (Å²) in [4.78, 5) is 8.72. The van der Waals surface area contributed by atoms with Gasteiger partial charge in [0, 0.05) is 19.2 Å². The quantitative estimate of drug-likeness (QED) is 0.835. The fourth-order valence-corrected chi connectivity index (χ4v) is 2.02. The van der Waals surface area contributed by atoms with Crippen molar-refractivity contribution in [1.29, 1.82) is 0 Å². The zero-order valence-corrected chi connectivity index (χ0v) is 10.7. The van der Waals surface area contributed by atoms with Gasteiger partial charge in [-0.25, -0.2) is 9.97 Å². The Bertz CT molecular complexity index is 383. The number of aryl methyl sites for hydroxylation is 1. The second-order valence-electron chi connectivity index (χ2n) is 4.33. The molecule has 0 amide bonds. The van der Waals surface area contributed by atoms with E-state index in [0.717, 1.165) is 37.0 Å². The highest BCUT2D eigenvalue weighted by atomic mass is 16.5. The highest BCUT2D eigenvalue weighted by Crippen LogP contribution is 2.19. The fraction of sp³-hybridized carbons (Fsp3) is 0.667. The first-order valence-corrected chi connectivity index (χ1v) is 6.16. The van der Waals surface area contributed by atoms with Gasteiger partial charge in [-0.2, -0.15) is 0 Å². The Morgan fingerprint density at radius 2 is 2.18 bits per heavy atom. The van der Waals surface area contributed by atoms with Gasteiger partial charge < -0.3 is 15.4 Å². The third-order valence-corrected chi connectivity index (χ3v) is 2.91. The molecule has 0 spiro atoms. The molecule has 1 fully saturated rings. The lowest BCUT2D eigenvalue weighted by molar-refractivity contribution is 0.121. The maximum absolute atomic E-state index is 5.52. The van der Waals surface area contributed by atoms with E-state index in [-0.39, 0.29) is 6.10 Å². The molecule has 0 bridgehead atoms. The Kier molecular flexibility index (Phi) is 3.78. The monoisotopic (exact) mass is 236 g/mol. The molecule has 0 radical (unpaired) electrons. The smallest absolute Gasteiger partial charge is 0.132 e. The Morgan fingerprint density at radius 3 is 2.82 bits per heavy atom. The van der Waals surface area contributed by atoms with Crippen molar-refractivity contribution in [2.24, 2.45) is 0 Å². The lowest BCUT2D eigenvalue weighted by atomic mass is 10.1. The zero-order valence-electron chi connectivity index (χ0n) is 10.7. The molecule has 1 aliphatic heterocycles. The van der Waals surface area contributed by atoms with Crippen LogP contribution in [0.3, 0.4) is 0 Å². The molecular weight excluding hydrogens is 216 g/mol. The molecule has 2 N–H and O–H groups in total. The van der Waals surface area contributed by atoms with Crippen LogP contribution < -0.4 is 10.6 Å². The Labute approximate surface area is 102 Å². The van der Waals surface area contributed by atoms with Crippen molar-refractivity contribution in [3.05, 3.63) is 11.9 Å². The van der Waals surface area contributed by atoms with E-state index in [2.05, 4.69) is 34.4 Å². The van der Waals surface area contributed by atoms with Crippen molar-refractivity contribution < 1.29 is 4.74 Å². The van der Waals surface area contributed by atoms with E-state index in [0.29, 0.717) is 6.04 Å². The second kappa shape index (κ2) is 5.31. The third-order valence-electron chi connectivity index (χ3n) is 2.91. The van der Waals surface area contributed by atoms with Crippen LogP contribution in [0.2, 0.25) is 0 Å². The molecule has 1 aliphatic rings. The van der Waals surface area contributed by atoms with Crippen LogP contribution in [-0.4, -0.2) is 35.3 Å². The van der Waals surface area contributed by atoms with Crippen LogP contribution in [0.15, 0.2) is 6.07 Å². The number of nitrogens with one attached hydrogen (secondary N) is 2. The molecular formula is C12H20N4O. The molecule has 2 unspecified atom stereocenters. The van der Waals surface area contributed by atoms with E-state index >= 15 is 0 Å². The van der Waals surface area contributed by atoms with Crippen LogP contribution in [0, 0.1) is 6.92 Å². The molecule has 5 heteroatoms. The molecule has 2 heterocycles. The van der Waals surface area contributed by atoms with Crippen LogP contribution >= 0.6 is 0 Å². The van der Waals surface area contributed by atoms with E-state index in [4.69, 9.17) is 4.74 Å². The number of ether oxygens (including phenoxy) is 1. The van der Waals surface area contributed by atoms with E-state index in [1.807, 2.05) is 13.0 Å². The van der Waals surface area contributed by atoms with Crippen molar-refractivity contribution in [1.82, 2.24) is 9.97 Å². The summed E-state index contributed by atoms with van der Waals surface area (Å²) in [6.45, 7) is 7.73. The van der Waals surface area contributed by atoms with Crippen molar-refractivity contribution in [2.45, 2.75) is 39.3 Å². The van der Waals surface area contributed by atoms with Crippen LogP contribution in [0.25, 0.3) is 0 Å². The van der Waals surface area contributed by atoms with Gasteiger partial charge in [0.1, 0.15) is 17.5 Å². The standard InChI is InChI=1S/C12H20N4O/c1-4-13-11-7-12(15-9(3)14-11)16-10-5-6-17-8(10)2/h7-8,10H,4-6H2,1-3H3,(H2,13,14,15,16). The van der Waals surface area contributed by atoms with Gasteiger partial charge in [-0.15, -0.1) is 0 Å². The molecule has 2 atom stereocenters. The third kappa shape index (κ3) is 3.06. The van der Waals surface area contributed by atoms with Crippen molar-refractivity contribution in [3.63, 3.8) is 0 Å². The minimum absolute atomic E-state index is 0.243. The Balaban J connectivity index is 2.09. The molecule has 2 rings (SSSR count). The average molecular weight is 236 g/mol. The van der Waals surface area contributed by atoms with Crippen molar-refractivity contribution in [3.8, 4) is 0 Å². The molecule has 17 heavy (non-hydrogen) atoms. The van der Waals surface area contributed by atoms with Gasteiger partial charge in [-0.1, -0.05) is 0 Å². The molecule has 94 valence electrons. The molecule has 1 aromatic heterocycles. The second-order valence-corrected chi connectivity index (χ2v) is 4.33. The summed E-state index contributed by atoms with van der Waals surface area (Å²) in [5.74, 6) is 2.52. The first-order chi connectivity index (χ1) is 8.19. The first kappa shape index (κ1) is 12.1. The topological polar surface area (TPSA) is 59.1 Å². The van der Waals surface area contributed by atoms with Gasteiger partial charge in [0.2, 0.25) is 0 Å². The largest absolute Gasteiger partial charge is 0.376 e. The van der Waals surface area contributed by atoms with Crippen LogP contribution in [0.1, 0.15) is 26.1 Å². The van der Waals surface area contributed by atoms with Gasteiger partial charge >= 0.3 is 0 Å². The van der Waals surface area contributed by atoms with Gasteiger partial charge in [0.25, 0.3) is 0 Å². The van der Waals surface area contributed by atoms with E-state index in [9.17, 15) is 0 Å². The van der Waals surface area contributed by atoms with E-state index in [1.165, 1.54) is 0 Å². The highest BCUT2D eigenvalue weighted by Gasteiger charge is 2.24. The normalized spacial score (nSPS) is 23.7. The van der Waals surface area contributed by atoms with E-state index in [1.54, 1.807) is 0 Å². The number of aromatic nitrogens is 2. The van der Waals surface area contributed by atoms with Gasteiger partial charge in [0.05, 0.1) is 12.1 Å². The van der Waals surface area contributed by atoms with Gasteiger partial charge in [0.15, 0.2) is 0 Å². The molecule has 5 nitrogen and oxygen atoms in total. The summed E-state index contributed by atoms with van der Waals surface area (Å²) in [5.41, 5.74) is 0. The maximum Gasteiger partial charge on any atom is 0.132 e. The van der Waals surface area contributed by atoms with Gasteiger partial charge in [-0.05, 0) is 27.2 Å². The summed E-state index contributed by atoms with van der Waals surface area (Å²) in [6.07, 6.45) is 1.27. The Hall–Kier alpha value is -1.36. The maximum atomic E-state index is 5.52. The molecule has 1 saturated heterocycles. The minimum atomic E-state index is 0.243. The fourth-order valence-electron chi connectivity index (χ4n) is 2.02. The van der Waals surface area contributed by atoms with Crippen molar-refractivity contribution in [2.75, 3.05) is 23.8 Å². The lowest BCUT2D eigenvalue weighted by Gasteiger charge is -2.17. The Morgan fingerprint density at radius 1 is 1.41 bits per heavy atom. The minimum Gasteiger partial charge on any atom is -0.376 e. The SMILES string of the molecule is CCNc1cc(NC2CCOC2C)nc(C)n1. The summed E-state index contributed by atoms with van der Waals surface area (Å²) in [5, 5.41) is 6.62. The predicted molar refractivity (Wildman–Crippen MR) is 68.4 cm³/mol. The molecule has 0 aromatic carbocycles. The number of hydrogen-bond donors (Lipinski definition) is 2. The molecule has 0 saturated carbocycles. The average Bonchev–Trinajstić information content (AvgIpc) is 2.64. The first-order valence-electron chi connectivity index (χ1n) is 6.16. The summed E-state index contributed by atoms with van der Waals surface area (Å²) < 4.78 is 5.52. The highest BCUT2D eigenvalue weighted by molar-refractivity contribution is 5.48. The number of hydrogen-bond acceptors (Lipinski definition) is 5. The summed E-state index contributed by atoms with van der Waals surface area (Å²) in [7, 11) is 0. The number of nitrogens with zero attached hydrogens (tertiary/aromatic N) is 2. The lowest BCUT2D eigenvalue weighted by Crippen LogP contribution is -2.27. The predicted octanol–water partition coefficient (Wildman–Crippen LogP) is 1.81. The number of rotatable bonds is 4. The number of anilines is 2. The van der Waals surface area contributed by atoms with Crippen LogP contribution in [0.4, 0.5) is 11.6 Å². The molecule has 1 aromatic rings. The van der Waals surface area contributed by atoms with Gasteiger partial charge in [-0.3, -0.25) is 0 Å². The van der Waals surface area contributed by atoms with Crippen LogP contribution in [0.5, 0.6) is 0 Å². The van der Waals surface area contributed by atoms with E-state index < -0.39 is 0 Å².